The van der Waals surface area contributed by atoms with Gasteiger partial charge in [0.25, 0.3) is 5.91 Å². The molecule has 0 spiro atoms. The Labute approximate surface area is 127 Å². The number of carbonyl (C=O) groups excluding carboxylic acids is 1. The Balaban J connectivity index is 2.19. The number of piperidine rings is 1. The van der Waals surface area contributed by atoms with Crippen LogP contribution in [0.3, 0.4) is 0 Å². The van der Waals surface area contributed by atoms with E-state index in [2.05, 4.69) is 12.2 Å². The number of methoxy groups -OCH3 is 1. The average Bonchev–Trinajstić information content (AvgIpc) is 2.53. The molecule has 1 aliphatic rings. The molecule has 2 rings (SSSR count). The molecule has 1 aromatic carbocycles. The standard InChI is InChI=1S/C17H26N2O2/c1-5-13-11-19(9-8-15(13)18-3)17(20)14-10-12(2)6-7-16(14)21-4/h6-7,10,13,15,18H,5,8-9,11H2,1-4H3. The average molecular weight is 290 g/mol. The molecule has 0 saturated carbocycles. The predicted molar refractivity (Wildman–Crippen MR) is 84.9 cm³/mol. The summed E-state index contributed by atoms with van der Waals surface area (Å²) in [5.41, 5.74) is 1.76. The highest BCUT2D eigenvalue weighted by Crippen LogP contribution is 2.25. The minimum Gasteiger partial charge on any atom is -0.496 e. The van der Waals surface area contributed by atoms with Crippen LogP contribution in [0.25, 0.3) is 0 Å². The lowest BCUT2D eigenvalue weighted by molar-refractivity contribution is 0.0628. The summed E-state index contributed by atoms with van der Waals surface area (Å²) in [6, 6.07) is 6.28. The van der Waals surface area contributed by atoms with Gasteiger partial charge in [0, 0.05) is 19.1 Å². The zero-order valence-corrected chi connectivity index (χ0v) is 13.5. The van der Waals surface area contributed by atoms with Crippen molar-refractivity contribution >= 4 is 5.91 Å². The van der Waals surface area contributed by atoms with Crippen LogP contribution in [0.4, 0.5) is 0 Å². The fourth-order valence-corrected chi connectivity index (χ4v) is 3.17. The van der Waals surface area contributed by atoms with E-state index >= 15 is 0 Å². The van der Waals surface area contributed by atoms with Gasteiger partial charge in [-0.05, 0) is 38.4 Å². The van der Waals surface area contributed by atoms with Crippen LogP contribution >= 0.6 is 0 Å². The summed E-state index contributed by atoms with van der Waals surface area (Å²) >= 11 is 0. The molecule has 4 heteroatoms. The van der Waals surface area contributed by atoms with Crippen molar-refractivity contribution in [3.05, 3.63) is 29.3 Å². The molecular weight excluding hydrogens is 264 g/mol. The molecular formula is C17H26N2O2. The number of carbonyl (C=O) groups is 1. The van der Waals surface area contributed by atoms with Crippen molar-refractivity contribution in [1.82, 2.24) is 10.2 Å². The molecule has 4 nitrogen and oxygen atoms in total. The van der Waals surface area contributed by atoms with Crippen molar-refractivity contribution in [2.75, 3.05) is 27.2 Å². The highest BCUT2D eigenvalue weighted by Gasteiger charge is 2.30. The lowest BCUT2D eigenvalue weighted by Gasteiger charge is -2.38. The van der Waals surface area contributed by atoms with Crippen LogP contribution in [0.5, 0.6) is 5.75 Å². The summed E-state index contributed by atoms with van der Waals surface area (Å²) in [5, 5.41) is 3.37. The van der Waals surface area contributed by atoms with E-state index in [0.29, 0.717) is 23.3 Å². The van der Waals surface area contributed by atoms with Crippen LogP contribution in [0.15, 0.2) is 18.2 Å². The fraction of sp³-hybridized carbons (Fsp3) is 0.588. The number of ether oxygens (including phenoxy) is 1. The molecule has 1 saturated heterocycles. The lowest BCUT2D eigenvalue weighted by atomic mass is 9.89. The molecule has 2 atom stereocenters. The molecule has 21 heavy (non-hydrogen) atoms. The maximum Gasteiger partial charge on any atom is 0.257 e. The minimum absolute atomic E-state index is 0.0866. The summed E-state index contributed by atoms with van der Waals surface area (Å²) in [5.74, 6) is 1.27. The molecule has 2 unspecified atom stereocenters. The Morgan fingerprint density at radius 1 is 1.48 bits per heavy atom. The van der Waals surface area contributed by atoms with E-state index in [1.54, 1.807) is 7.11 Å². The molecule has 1 aromatic rings. The van der Waals surface area contributed by atoms with E-state index in [9.17, 15) is 4.79 Å². The van der Waals surface area contributed by atoms with Gasteiger partial charge in [0.1, 0.15) is 5.75 Å². The van der Waals surface area contributed by atoms with Crippen molar-refractivity contribution in [1.29, 1.82) is 0 Å². The molecule has 0 radical (unpaired) electrons. The Bertz CT molecular complexity index is 502. The summed E-state index contributed by atoms with van der Waals surface area (Å²) in [4.78, 5) is 14.8. The van der Waals surface area contributed by atoms with Crippen LogP contribution in [-0.4, -0.2) is 44.1 Å². The number of likely N-dealkylation sites (tertiary alicyclic amines) is 1. The fourth-order valence-electron chi connectivity index (χ4n) is 3.17. The van der Waals surface area contributed by atoms with E-state index < -0.39 is 0 Å². The van der Waals surface area contributed by atoms with Gasteiger partial charge in [-0.25, -0.2) is 0 Å². The van der Waals surface area contributed by atoms with Crippen molar-refractivity contribution < 1.29 is 9.53 Å². The number of hydrogen-bond acceptors (Lipinski definition) is 3. The Morgan fingerprint density at radius 3 is 2.86 bits per heavy atom. The summed E-state index contributed by atoms with van der Waals surface area (Å²) in [7, 11) is 3.62. The minimum atomic E-state index is 0.0866. The van der Waals surface area contributed by atoms with E-state index in [1.807, 2.05) is 37.1 Å². The largest absolute Gasteiger partial charge is 0.496 e. The number of benzene rings is 1. The molecule has 1 amide bonds. The number of aryl methyl sites for hydroxylation is 1. The normalized spacial score (nSPS) is 22.2. The van der Waals surface area contributed by atoms with Crippen LogP contribution < -0.4 is 10.1 Å². The topological polar surface area (TPSA) is 41.6 Å². The van der Waals surface area contributed by atoms with E-state index in [-0.39, 0.29) is 5.91 Å². The molecule has 1 fully saturated rings. The van der Waals surface area contributed by atoms with E-state index in [1.165, 1.54) is 0 Å². The van der Waals surface area contributed by atoms with Crippen molar-refractivity contribution in [2.24, 2.45) is 5.92 Å². The summed E-state index contributed by atoms with van der Waals surface area (Å²) in [6.07, 6.45) is 2.09. The van der Waals surface area contributed by atoms with Crippen LogP contribution in [0, 0.1) is 12.8 Å². The van der Waals surface area contributed by atoms with Gasteiger partial charge < -0.3 is 15.0 Å². The molecule has 0 aromatic heterocycles. The quantitative estimate of drug-likeness (QED) is 0.926. The molecule has 1 heterocycles. The number of hydrogen-bond donors (Lipinski definition) is 1. The maximum absolute atomic E-state index is 12.8. The molecule has 1 aliphatic heterocycles. The highest BCUT2D eigenvalue weighted by molar-refractivity contribution is 5.97. The van der Waals surface area contributed by atoms with Gasteiger partial charge in [-0.1, -0.05) is 25.0 Å². The van der Waals surface area contributed by atoms with Gasteiger partial charge in [-0.15, -0.1) is 0 Å². The smallest absolute Gasteiger partial charge is 0.257 e. The zero-order valence-electron chi connectivity index (χ0n) is 13.5. The molecule has 0 bridgehead atoms. The van der Waals surface area contributed by atoms with Crippen LogP contribution in [0.1, 0.15) is 35.7 Å². The van der Waals surface area contributed by atoms with Gasteiger partial charge in [0.05, 0.1) is 12.7 Å². The number of nitrogens with zero attached hydrogens (tertiary/aromatic N) is 1. The number of rotatable bonds is 4. The first-order chi connectivity index (χ1) is 10.1. The van der Waals surface area contributed by atoms with Gasteiger partial charge in [0.2, 0.25) is 0 Å². The van der Waals surface area contributed by atoms with Crippen molar-refractivity contribution in [3.63, 3.8) is 0 Å². The first-order valence-corrected chi connectivity index (χ1v) is 7.71. The number of nitrogens with one attached hydrogen (secondary N) is 1. The summed E-state index contributed by atoms with van der Waals surface area (Å²) < 4.78 is 5.35. The van der Waals surface area contributed by atoms with Crippen molar-refractivity contribution in [3.8, 4) is 5.75 Å². The van der Waals surface area contributed by atoms with Gasteiger partial charge in [-0.2, -0.15) is 0 Å². The molecule has 1 N–H and O–H groups in total. The Kier molecular flexibility index (Phi) is 5.23. The summed E-state index contributed by atoms with van der Waals surface area (Å²) in [6.45, 7) is 5.81. The Morgan fingerprint density at radius 2 is 2.24 bits per heavy atom. The van der Waals surface area contributed by atoms with Gasteiger partial charge in [-0.3, -0.25) is 4.79 Å². The zero-order chi connectivity index (χ0) is 15.4. The second-order valence-corrected chi connectivity index (χ2v) is 5.81. The highest BCUT2D eigenvalue weighted by atomic mass is 16.5. The first kappa shape index (κ1) is 15.8. The van der Waals surface area contributed by atoms with E-state index in [4.69, 9.17) is 4.74 Å². The third-order valence-corrected chi connectivity index (χ3v) is 4.50. The predicted octanol–water partition coefficient (Wildman–Crippen LogP) is 2.46. The third-order valence-electron chi connectivity index (χ3n) is 4.50. The monoisotopic (exact) mass is 290 g/mol. The molecule has 116 valence electrons. The Hall–Kier alpha value is -1.55. The lowest BCUT2D eigenvalue weighted by Crippen LogP contribution is -2.50. The van der Waals surface area contributed by atoms with Crippen molar-refractivity contribution in [2.45, 2.75) is 32.7 Å². The van der Waals surface area contributed by atoms with E-state index in [0.717, 1.165) is 31.5 Å². The SMILES string of the molecule is CCC1CN(C(=O)c2cc(C)ccc2OC)CCC1NC. The second-order valence-electron chi connectivity index (χ2n) is 5.81. The van der Waals surface area contributed by atoms with Gasteiger partial charge in [0.15, 0.2) is 0 Å². The molecule has 0 aliphatic carbocycles. The van der Waals surface area contributed by atoms with Gasteiger partial charge >= 0.3 is 0 Å². The first-order valence-electron chi connectivity index (χ1n) is 7.71. The van der Waals surface area contributed by atoms with Crippen LogP contribution in [-0.2, 0) is 0 Å². The maximum atomic E-state index is 12.8. The second kappa shape index (κ2) is 6.94. The van der Waals surface area contributed by atoms with Crippen LogP contribution in [0.2, 0.25) is 0 Å². The third kappa shape index (κ3) is 3.38. The number of amides is 1.